The Kier molecular flexibility index (Phi) is 12.9. The number of likely N-dealkylation sites (tertiary alicyclic amines) is 1. The molecule has 2 aliphatic rings. The highest BCUT2D eigenvalue weighted by Crippen LogP contribution is 2.33. The smallest absolute Gasteiger partial charge is 0.493 e. The third-order valence-corrected chi connectivity index (χ3v) is 8.53. The highest BCUT2D eigenvalue weighted by molar-refractivity contribution is 6.32. The fourth-order valence-electron chi connectivity index (χ4n) is 5.99. The number of benzene rings is 1. The standard InChI is InChI=1S/C30H43ClF3N7O5/c1-2-21-19-40(28-26(31)37-25(27(35)38-28)29(44)36-9-15-43)12-13-41(21)22-7-10-39(11-8-22)18-20-5-6-23(46-30(32,33)34)17-24(20)45-16-4-3-14-42/h5-6,17,21-22,42-43H,2-4,7-16,18-19H2,1H3,(H2,35,38)(H,36,44)/t21-/m0/s1. The Morgan fingerprint density at radius 2 is 1.89 bits per heavy atom. The molecule has 1 aromatic heterocycles. The van der Waals surface area contributed by atoms with Gasteiger partial charge in [-0.05, 0) is 51.3 Å². The summed E-state index contributed by atoms with van der Waals surface area (Å²) in [5.41, 5.74) is 6.77. The van der Waals surface area contributed by atoms with E-state index in [1.807, 2.05) is 0 Å². The van der Waals surface area contributed by atoms with Gasteiger partial charge in [-0.15, -0.1) is 13.2 Å². The molecule has 2 fully saturated rings. The van der Waals surface area contributed by atoms with Gasteiger partial charge in [0, 0.05) is 63.0 Å². The molecule has 3 heterocycles. The van der Waals surface area contributed by atoms with E-state index in [-0.39, 0.29) is 54.8 Å². The summed E-state index contributed by atoms with van der Waals surface area (Å²) in [4.78, 5) is 27.8. The molecular weight excluding hydrogens is 631 g/mol. The number of hydrogen-bond donors (Lipinski definition) is 4. The summed E-state index contributed by atoms with van der Waals surface area (Å²) in [7, 11) is 0. The molecule has 0 aliphatic carbocycles. The molecule has 256 valence electrons. The van der Waals surface area contributed by atoms with Crippen LogP contribution < -0.4 is 25.4 Å². The first kappa shape index (κ1) is 35.7. The van der Waals surface area contributed by atoms with Crippen LogP contribution in [0.5, 0.6) is 11.5 Å². The number of nitrogens with one attached hydrogen (secondary N) is 1. The van der Waals surface area contributed by atoms with Crippen molar-refractivity contribution in [1.82, 2.24) is 25.1 Å². The minimum atomic E-state index is -4.80. The third kappa shape index (κ3) is 9.70. The zero-order chi connectivity index (χ0) is 33.3. The van der Waals surface area contributed by atoms with Gasteiger partial charge in [-0.3, -0.25) is 14.6 Å². The number of unbranched alkanes of at least 4 members (excludes halogenated alkanes) is 1. The Hall–Kier alpha value is -3.11. The molecule has 4 rings (SSSR count). The number of nitrogen functional groups attached to an aromatic ring is 1. The minimum Gasteiger partial charge on any atom is -0.493 e. The highest BCUT2D eigenvalue weighted by Gasteiger charge is 2.35. The zero-order valence-corrected chi connectivity index (χ0v) is 26.7. The van der Waals surface area contributed by atoms with E-state index in [9.17, 15) is 18.0 Å². The number of carbonyl (C=O) groups is 1. The van der Waals surface area contributed by atoms with Crippen LogP contribution in [-0.4, -0.2) is 113 Å². The first-order valence-corrected chi connectivity index (χ1v) is 16.0. The first-order chi connectivity index (χ1) is 22.0. The van der Waals surface area contributed by atoms with Gasteiger partial charge in [-0.1, -0.05) is 24.6 Å². The van der Waals surface area contributed by atoms with Crippen LogP contribution in [0.25, 0.3) is 0 Å². The summed E-state index contributed by atoms with van der Waals surface area (Å²) in [6, 6.07) is 4.81. The molecule has 0 bridgehead atoms. The number of aliphatic hydroxyl groups excluding tert-OH is 2. The van der Waals surface area contributed by atoms with E-state index in [1.165, 1.54) is 12.1 Å². The van der Waals surface area contributed by atoms with Crippen molar-refractivity contribution in [1.29, 1.82) is 0 Å². The van der Waals surface area contributed by atoms with Gasteiger partial charge in [-0.2, -0.15) is 0 Å². The fraction of sp³-hybridized carbons (Fsp3) is 0.633. The Labute approximate surface area is 271 Å². The molecule has 2 aromatic rings. The Morgan fingerprint density at radius 3 is 2.57 bits per heavy atom. The van der Waals surface area contributed by atoms with Crippen LogP contribution in [-0.2, 0) is 6.54 Å². The predicted molar refractivity (Wildman–Crippen MR) is 167 cm³/mol. The molecule has 1 aromatic carbocycles. The molecule has 0 saturated carbocycles. The second-order valence-electron chi connectivity index (χ2n) is 11.4. The van der Waals surface area contributed by atoms with Crippen molar-refractivity contribution in [2.75, 3.05) is 69.7 Å². The molecule has 1 amide bonds. The van der Waals surface area contributed by atoms with Crippen LogP contribution in [0.1, 0.15) is 55.1 Å². The van der Waals surface area contributed by atoms with Crippen molar-refractivity contribution in [2.24, 2.45) is 0 Å². The normalized spacial score (nSPS) is 18.5. The van der Waals surface area contributed by atoms with Crippen LogP contribution in [0.15, 0.2) is 18.2 Å². The number of ether oxygens (including phenoxy) is 2. The Balaban J connectivity index is 1.35. The second-order valence-corrected chi connectivity index (χ2v) is 11.8. The van der Waals surface area contributed by atoms with Crippen LogP contribution in [0.2, 0.25) is 5.15 Å². The van der Waals surface area contributed by atoms with Gasteiger partial charge in [0.25, 0.3) is 5.91 Å². The summed E-state index contributed by atoms with van der Waals surface area (Å²) >= 11 is 6.47. The van der Waals surface area contributed by atoms with Gasteiger partial charge in [0.1, 0.15) is 11.5 Å². The maximum atomic E-state index is 12.8. The lowest BCUT2D eigenvalue weighted by atomic mass is 9.97. The van der Waals surface area contributed by atoms with E-state index in [1.54, 1.807) is 6.07 Å². The number of alkyl halides is 3. The number of nitrogens with zero attached hydrogens (tertiary/aromatic N) is 5. The number of piperazine rings is 1. The molecule has 5 N–H and O–H groups in total. The number of aliphatic hydroxyl groups is 2. The number of halogens is 4. The topological polar surface area (TPSA) is 150 Å². The molecule has 12 nitrogen and oxygen atoms in total. The SMILES string of the molecule is CC[C@H]1CN(c2nc(N)c(C(=O)NCCO)nc2Cl)CCN1C1CCN(Cc2ccc(OC(F)(F)F)cc2OCCCCO)CC1. The summed E-state index contributed by atoms with van der Waals surface area (Å²) in [5, 5.41) is 20.6. The van der Waals surface area contributed by atoms with E-state index in [2.05, 4.69) is 41.6 Å². The summed E-state index contributed by atoms with van der Waals surface area (Å²) in [6.45, 7) is 6.57. The zero-order valence-electron chi connectivity index (χ0n) is 25.9. The average Bonchev–Trinajstić information content (AvgIpc) is 3.03. The number of amides is 1. The van der Waals surface area contributed by atoms with E-state index in [0.29, 0.717) is 50.1 Å². The third-order valence-electron chi connectivity index (χ3n) is 8.28. The largest absolute Gasteiger partial charge is 0.573 e. The Bertz CT molecular complexity index is 1300. The number of carbonyl (C=O) groups excluding carboxylic acids is 1. The fourth-order valence-corrected chi connectivity index (χ4v) is 6.24. The quantitative estimate of drug-likeness (QED) is 0.219. The summed E-state index contributed by atoms with van der Waals surface area (Å²) < 4.78 is 48.4. The molecule has 1 atom stereocenters. The lowest BCUT2D eigenvalue weighted by Gasteiger charge is -2.47. The van der Waals surface area contributed by atoms with Crippen LogP contribution in [0.4, 0.5) is 24.8 Å². The van der Waals surface area contributed by atoms with E-state index < -0.39 is 12.3 Å². The van der Waals surface area contributed by atoms with Crippen molar-refractivity contribution < 1.29 is 37.7 Å². The van der Waals surface area contributed by atoms with Gasteiger partial charge in [0.2, 0.25) is 0 Å². The van der Waals surface area contributed by atoms with E-state index >= 15 is 0 Å². The van der Waals surface area contributed by atoms with Crippen molar-refractivity contribution in [3.63, 3.8) is 0 Å². The maximum absolute atomic E-state index is 12.8. The van der Waals surface area contributed by atoms with Crippen molar-refractivity contribution in [2.45, 2.75) is 64.0 Å². The monoisotopic (exact) mass is 673 g/mol. The molecule has 0 spiro atoms. The van der Waals surface area contributed by atoms with Crippen LogP contribution >= 0.6 is 11.6 Å². The summed E-state index contributed by atoms with van der Waals surface area (Å²) in [5.74, 6) is -0.119. The number of anilines is 2. The van der Waals surface area contributed by atoms with Crippen LogP contribution in [0, 0.1) is 0 Å². The van der Waals surface area contributed by atoms with Crippen molar-refractivity contribution in [3.8, 4) is 11.5 Å². The maximum Gasteiger partial charge on any atom is 0.573 e. The van der Waals surface area contributed by atoms with Crippen LogP contribution in [0.3, 0.4) is 0 Å². The number of piperidine rings is 1. The van der Waals surface area contributed by atoms with E-state index in [4.69, 9.17) is 32.3 Å². The van der Waals surface area contributed by atoms with Crippen molar-refractivity contribution in [3.05, 3.63) is 34.6 Å². The summed E-state index contributed by atoms with van der Waals surface area (Å²) in [6.07, 6.45) is -0.899. The van der Waals surface area contributed by atoms with Crippen molar-refractivity contribution >= 4 is 29.1 Å². The van der Waals surface area contributed by atoms with Gasteiger partial charge in [-0.25, -0.2) is 9.97 Å². The predicted octanol–water partition coefficient (Wildman–Crippen LogP) is 3.05. The molecule has 16 heteroatoms. The number of hydrogen-bond acceptors (Lipinski definition) is 11. The van der Waals surface area contributed by atoms with Gasteiger partial charge >= 0.3 is 6.36 Å². The molecule has 0 unspecified atom stereocenters. The lowest BCUT2D eigenvalue weighted by Crippen LogP contribution is -2.58. The second kappa shape index (κ2) is 16.6. The Morgan fingerprint density at radius 1 is 1.13 bits per heavy atom. The molecular formula is C30H43ClF3N7O5. The van der Waals surface area contributed by atoms with Gasteiger partial charge < -0.3 is 35.6 Å². The van der Waals surface area contributed by atoms with Gasteiger partial charge in [0.15, 0.2) is 22.5 Å². The van der Waals surface area contributed by atoms with E-state index in [0.717, 1.165) is 44.5 Å². The molecule has 46 heavy (non-hydrogen) atoms. The number of rotatable bonds is 14. The number of aromatic nitrogens is 2. The number of nitrogens with two attached hydrogens (primary N) is 1. The molecule has 0 radical (unpaired) electrons. The molecule has 2 saturated heterocycles. The average molecular weight is 674 g/mol. The molecule has 2 aliphatic heterocycles. The minimum absolute atomic E-state index is 0.0206. The highest BCUT2D eigenvalue weighted by atomic mass is 35.5. The lowest BCUT2D eigenvalue weighted by molar-refractivity contribution is -0.274. The van der Waals surface area contributed by atoms with Gasteiger partial charge in [0.05, 0.1) is 13.2 Å². The first-order valence-electron chi connectivity index (χ1n) is 15.6.